The van der Waals surface area contributed by atoms with Crippen molar-refractivity contribution in [2.75, 3.05) is 0 Å². The number of carbonyl (C=O) groups is 1. The lowest BCUT2D eigenvalue weighted by Gasteiger charge is -2.38. The van der Waals surface area contributed by atoms with Gasteiger partial charge in [0.15, 0.2) is 5.78 Å². The molecule has 1 aromatic carbocycles. The maximum absolute atomic E-state index is 12.9. The Morgan fingerprint density at radius 2 is 2.04 bits per heavy atom. The molecule has 1 aromatic rings. The van der Waals surface area contributed by atoms with Crippen LogP contribution in [0, 0.1) is 26.9 Å². The van der Waals surface area contributed by atoms with Gasteiger partial charge in [-0.3, -0.25) is 14.9 Å². The number of nitrogens with one attached hydrogen (secondary N) is 1. The number of nitro groups is 1. The van der Waals surface area contributed by atoms with Crippen LogP contribution in [0.5, 0.6) is 0 Å². The summed E-state index contributed by atoms with van der Waals surface area (Å²) in [4.78, 5) is 23.8. The molecular weight excluding hydrogens is 338 g/mol. The Balaban J connectivity index is 2.26. The second-order valence-corrected chi connectivity index (χ2v) is 7.53. The first kappa shape index (κ1) is 17.2. The van der Waals surface area contributed by atoms with Crippen LogP contribution in [0.1, 0.15) is 38.2 Å². The molecule has 0 aromatic heterocycles. The molecule has 0 amide bonds. The molecule has 2 aliphatic rings. The molecule has 6 nitrogen and oxygen atoms in total. The quantitative estimate of drug-likeness (QED) is 0.480. The van der Waals surface area contributed by atoms with Gasteiger partial charge in [0, 0.05) is 29.3 Å². The molecule has 1 heterocycles. The monoisotopic (exact) mass is 355 g/mol. The minimum absolute atomic E-state index is 0.0875. The number of nitrogens with zero attached hydrogens (tertiary/aromatic N) is 2. The van der Waals surface area contributed by atoms with Crippen molar-refractivity contribution in [2.24, 2.45) is 5.41 Å². The highest BCUT2D eigenvalue weighted by Crippen LogP contribution is 2.48. The number of dihydropyridines is 1. The van der Waals surface area contributed by atoms with Gasteiger partial charge in [0.1, 0.15) is 0 Å². The van der Waals surface area contributed by atoms with Gasteiger partial charge >= 0.3 is 0 Å². The molecule has 0 spiro atoms. The van der Waals surface area contributed by atoms with Gasteiger partial charge in [0.2, 0.25) is 0 Å². The number of hydrogen-bond acceptors (Lipinski definition) is 6. The first-order valence-corrected chi connectivity index (χ1v) is 8.29. The van der Waals surface area contributed by atoms with Crippen molar-refractivity contribution in [1.82, 2.24) is 5.32 Å². The number of para-hydroxylation sites is 1. The molecule has 1 N–H and O–H groups in total. The van der Waals surface area contributed by atoms with E-state index in [0.717, 1.165) is 0 Å². The maximum atomic E-state index is 12.9. The Bertz CT molecular complexity index is 893. The zero-order valence-electron chi connectivity index (χ0n) is 13.9. The molecule has 0 bridgehead atoms. The molecule has 0 saturated heterocycles. The number of Topliss-reactive ketones (excluding diaryl/α,β-unsaturated/α-hetero) is 1. The number of carbonyl (C=O) groups excluding carboxylic acids is 1. The summed E-state index contributed by atoms with van der Waals surface area (Å²) < 4.78 is 0. The van der Waals surface area contributed by atoms with Crippen LogP contribution in [0.4, 0.5) is 5.69 Å². The number of ketones is 1. The summed E-state index contributed by atoms with van der Waals surface area (Å²) in [5, 5.41) is 24.5. The van der Waals surface area contributed by atoms with Crippen LogP contribution in [0.2, 0.25) is 0 Å². The highest BCUT2D eigenvalue weighted by Gasteiger charge is 2.43. The zero-order chi connectivity index (χ0) is 18.4. The van der Waals surface area contributed by atoms with Crippen LogP contribution in [-0.4, -0.2) is 10.7 Å². The number of nitriles is 1. The minimum atomic E-state index is -0.765. The number of allylic oxidation sites excluding steroid dienone is 3. The van der Waals surface area contributed by atoms with Crippen LogP contribution < -0.4 is 5.32 Å². The zero-order valence-corrected chi connectivity index (χ0v) is 14.8. The van der Waals surface area contributed by atoms with Crippen molar-refractivity contribution in [3.8, 4) is 6.07 Å². The first-order valence-electron chi connectivity index (χ1n) is 7.85. The molecule has 1 aliphatic carbocycles. The normalized spacial score (nSPS) is 22.2. The lowest BCUT2D eigenvalue weighted by molar-refractivity contribution is -0.385. The Labute approximate surface area is 150 Å². The number of thiol groups is 1. The highest BCUT2D eigenvalue weighted by molar-refractivity contribution is 7.84. The second-order valence-electron chi connectivity index (χ2n) is 7.08. The molecule has 0 saturated carbocycles. The summed E-state index contributed by atoms with van der Waals surface area (Å²) in [7, 11) is 0. The van der Waals surface area contributed by atoms with Crippen molar-refractivity contribution in [3.63, 3.8) is 0 Å². The summed E-state index contributed by atoms with van der Waals surface area (Å²) in [6.07, 6.45) is 0.958. The fraction of sp³-hybridized carbons (Fsp3) is 0.333. The van der Waals surface area contributed by atoms with E-state index < -0.39 is 10.8 Å². The summed E-state index contributed by atoms with van der Waals surface area (Å²) in [6, 6.07) is 8.31. The van der Waals surface area contributed by atoms with Crippen LogP contribution in [0.25, 0.3) is 0 Å². The van der Waals surface area contributed by atoms with Crippen molar-refractivity contribution in [2.45, 2.75) is 32.6 Å². The van der Waals surface area contributed by atoms with Gasteiger partial charge in [-0.05, 0) is 11.8 Å². The lowest BCUT2D eigenvalue weighted by Crippen LogP contribution is -2.36. The fourth-order valence-electron chi connectivity index (χ4n) is 3.60. The molecule has 1 unspecified atom stereocenters. The Kier molecular flexibility index (Phi) is 4.17. The van der Waals surface area contributed by atoms with Gasteiger partial charge in [-0.1, -0.05) is 32.0 Å². The first-order chi connectivity index (χ1) is 11.7. The van der Waals surface area contributed by atoms with Crippen molar-refractivity contribution in [3.05, 3.63) is 61.8 Å². The third-order valence-electron chi connectivity index (χ3n) is 4.59. The topological polar surface area (TPSA) is 96.0 Å². The summed E-state index contributed by atoms with van der Waals surface area (Å²) in [5.74, 6) is -0.852. The predicted molar refractivity (Wildman–Crippen MR) is 95.6 cm³/mol. The lowest BCUT2D eigenvalue weighted by atomic mass is 9.69. The Hall–Kier alpha value is -2.59. The molecule has 128 valence electrons. The Morgan fingerprint density at radius 1 is 1.36 bits per heavy atom. The molecular formula is C18H17N3O3S. The third kappa shape index (κ3) is 2.94. The van der Waals surface area contributed by atoms with E-state index in [1.165, 1.54) is 6.07 Å². The summed E-state index contributed by atoms with van der Waals surface area (Å²) in [5.41, 5.74) is 1.40. The van der Waals surface area contributed by atoms with E-state index >= 15 is 0 Å². The average Bonchev–Trinajstić information content (AvgIpc) is 2.52. The van der Waals surface area contributed by atoms with Crippen molar-refractivity contribution in [1.29, 1.82) is 5.26 Å². The van der Waals surface area contributed by atoms with Gasteiger partial charge in [-0.25, -0.2) is 0 Å². The summed E-state index contributed by atoms with van der Waals surface area (Å²) in [6.45, 7) is 4.00. The number of rotatable bonds is 2. The van der Waals surface area contributed by atoms with E-state index in [9.17, 15) is 20.2 Å². The SMILES string of the molecule is CC1(C)CC(=O)C2=C(C1)NC(S)=C(C#N)C2c1ccccc1[N+](=O)[O-]. The highest BCUT2D eigenvalue weighted by atomic mass is 32.1. The van der Waals surface area contributed by atoms with Crippen molar-refractivity contribution >= 4 is 24.1 Å². The smallest absolute Gasteiger partial charge is 0.273 e. The third-order valence-corrected chi connectivity index (χ3v) is 4.94. The maximum Gasteiger partial charge on any atom is 0.273 e. The number of hydrogen-bond donors (Lipinski definition) is 2. The minimum Gasteiger partial charge on any atom is -0.353 e. The summed E-state index contributed by atoms with van der Waals surface area (Å²) >= 11 is 4.37. The molecule has 0 fully saturated rings. The molecule has 0 radical (unpaired) electrons. The van der Waals surface area contributed by atoms with Gasteiger partial charge in [-0.15, -0.1) is 12.6 Å². The van der Waals surface area contributed by atoms with E-state index in [4.69, 9.17) is 0 Å². The Morgan fingerprint density at radius 3 is 2.68 bits per heavy atom. The van der Waals surface area contributed by atoms with Gasteiger partial charge in [0.25, 0.3) is 5.69 Å². The van der Waals surface area contributed by atoms with Crippen LogP contribution in [0.3, 0.4) is 0 Å². The van der Waals surface area contributed by atoms with Crippen LogP contribution >= 0.6 is 12.6 Å². The fourth-order valence-corrected chi connectivity index (χ4v) is 3.91. The molecule has 7 heteroatoms. The van der Waals surface area contributed by atoms with E-state index in [1.807, 2.05) is 13.8 Å². The largest absolute Gasteiger partial charge is 0.353 e. The van der Waals surface area contributed by atoms with Crippen LogP contribution in [0.15, 0.2) is 46.1 Å². The molecule has 1 aliphatic heterocycles. The van der Waals surface area contributed by atoms with Crippen LogP contribution in [-0.2, 0) is 4.79 Å². The second kappa shape index (κ2) is 6.05. The van der Waals surface area contributed by atoms with Gasteiger partial charge < -0.3 is 5.32 Å². The number of benzene rings is 1. The molecule has 3 rings (SSSR count). The van der Waals surface area contributed by atoms with E-state index in [1.54, 1.807) is 18.2 Å². The van der Waals surface area contributed by atoms with E-state index in [2.05, 4.69) is 24.0 Å². The van der Waals surface area contributed by atoms with E-state index in [-0.39, 0.29) is 22.5 Å². The van der Waals surface area contributed by atoms with Gasteiger partial charge in [0.05, 0.1) is 27.5 Å². The predicted octanol–water partition coefficient (Wildman–Crippen LogP) is 3.59. The van der Waals surface area contributed by atoms with E-state index in [0.29, 0.717) is 34.7 Å². The number of nitro benzene ring substituents is 1. The van der Waals surface area contributed by atoms with Gasteiger partial charge in [-0.2, -0.15) is 5.26 Å². The van der Waals surface area contributed by atoms with Crippen molar-refractivity contribution < 1.29 is 9.72 Å². The average molecular weight is 355 g/mol. The molecule has 25 heavy (non-hydrogen) atoms. The molecule has 1 atom stereocenters. The standard InChI is InChI=1S/C18H17N3O3S/c1-18(2)7-12-16(14(22)8-18)15(11(9-19)17(25)20-12)10-5-3-4-6-13(10)21(23)24/h3-6,15,20,25H,7-8H2,1-2H3.